The average molecular weight is 448 g/mol. The number of benzene rings is 2. The molecule has 0 spiro atoms. The fraction of sp³-hybridized carbons (Fsp3) is 0.350. The van der Waals surface area contributed by atoms with Crippen LogP contribution in [0.25, 0.3) is 0 Å². The Balaban J connectivity index is 0.000000370. The van der Waals surface area contributed by atoms with Gasteiger partial charge in [0, 0.05) is 9.79 Å². The molecule has 1 aliphatic heterocycles. The van der Waals surface area contributed by atoms with E-state index in [0.717, 1.165) is 28.8 Å². The van der Waals surface area contributed by atoms with E-state index in [0.29, 0.717) is 5.92 Å². The van der Waals surface area contributed by atoms with Gasteiger partial charge in [0.05, 0.1) is 12.1 Å². The van der Waals surface area contributed by atoms with Gasteiger partial charge in [0.2, 0.25) is 0 Å². The van der Waals surface area contributed by atoms with Crippen molar-refractivity contribution in [2.45, 2.75) is 34.7 Å². The maximum atomic E-state index is 10.6. The van der Waals surface area contributed by atoms with Crippen molar-refractivity contribution in [3.8, 4) is 5.75 Å². The zero-order chi connectivity index (χ0) is 21.4. The lowest BCUT2D eigenvalue weighted by Gasteiger charge is -2.25. The summed E-state index contributed by atoms with van der Waals surface area (Å²) in [6, 6.07) is 14.6. The Labute approximate surface area is 176 Å². The number of piperidine rings is 1. The van der Waals surface area contributed by atoms with Gasteiger partial charge in [-0.3, -0.25) is 0 Å². The first kappa shape index (κ1) is 23.4. The SMILES string of the molecule is COc1ccc(Sc2ccccc2C2CCNCC2)c(Cl)c1.O=C(O)C(F)(F)F. The summed E-state index contributed by atoms with van der Waals surface area (Å²) in [7, 11) is 1.66. The molecular formula is C20H21ClF3NO3S. The molecule has 29 heavy (non-hydrogen) atoms. The molecule has 0 aliphatic carbocycles. The molecule has 1 heterocycles. The summed E-state index contributed by atoms with van der Waals surface area (Å²) >= 11 is 8.13. The van der Waals surface area contributed by atoms with E-state index in [9.17, 15) is 13.2 Å². The van der Waals surface area contributed by atoms with E-state index in [1.807, 2.05) is 18.2 Å². The second-order valence-electron chi connectivity index (χ2n) is 6.26. The average Bonchev–Trinajstić information content (AvgIpc) is 2.70. The van der Waals surface area contributed by atoms with Crippen molar-refractivity contribution in [1.29, 1.82) is 0 Å². The van der Waals surface area contributed by atoms with Crippen LogP contribution in [0.3, 0.4) is 0 Å². The maximum Gasteiger partial charge on any atom is 0.490 e. The van der Waals surface area contributed by atoms with Crippen molar-refractivity contribution < 1.29 is 27.8 Å². The molecular weight excluding hydrogens is 427 g/mol. The number of hydrogen-bond donors (Lipinski definition) is 2. The fourth-order valence-corrected chi connectivity index (χ4v) is 4.17. The van der Waals surface area contributed by atoms with Gasteiger partial charge in [-0.15, -0.1) is 0 Å². The highest BCUT2D eigenvalue weighted by Gasteiger charge is 2.38. The van der Waals surface area contributed by atoms with Crippen LogP contribution in [0, 0.1) is 0 Å². The topological polar surface area (TPSA) is 58.6 Å². The number of hydrogen-bond acceptors (Lipinski definition) is 4. The van der Waals surface area contributed by atoms with Gasteiger partial charge in [-0.2, -0.15) is 13.2 Å². The third-order valence-electron chi connectivity index (χ3n) is 4.30. The molecule has 0 atom stereocenters. The highest BCUT2D eigenvalue weighted by Crippen LogP contribution is 2.40. The van der Waals surface area contributed by atoms with Crippen molar-refractivity contribution in [3.63, 3.8) is 0 Å². The standard InChI is InChI=1S/C18H20ClNOS.C2HF3O2/c1-21-14-6-7-18(16(19)12-14)22-17-5-3-2-4-15(17)13-8-10-20-11-9-13;3-2(4,5)1(6)7/h2-7,12-13,20H,8-11H2,1H3;(H,6,7). The number of halogens is 4. The van der Waals surface area contributed by atoms with Gasteiger partial charge in [-0.1, -0.05) is 41.6 Å². The Morgan fingerprint density at radius 1 is 1.17 bits per heavy atom. The minimum Gasteiger partial charge on any atom is -0.497 e. The number of nitrogens with one attached hydrogen (secondary N) is 1. The van der Waals surface area contributed by atoms with Crippen LogP contribution in [0.5, 0.6) is 5.75 Å². The normalized spacial score (nSPS) is 14.7. The molecule has 0 aromatic heterocycles. The zero-order valence-corrected chi connectivity index (χ0v) is 17.2. The fourth-order valence-electron chi connectivity index (χ4n) is 2.85. The van der Waals surface area contributed by atoms with Crippen LogP contribution in [-0.2, 0) is 4.79 Å². The predicted octanol–water partition coefficient (Wildman–Crippen LogP) is 5.60. The highest BCUT2D eigenvalue weighted by atomic mass is 35.5. The lowest BCUT2D eigenvalue weighted by atomic mass is 9.90. The summed E-state index contributed by atoms with van der Waals surface area (Å²) < 4.78 is 37.0. The number of ether oxygens (including phenoxy) is 1. The Bertz CT molecular complexity index is 827. The first-order valence-electron chi connectivity index (χ1n) is 8.83. The van der Waals surface area contributed by atoms with Gasteiger partial charge < -0.3 is 15.2 Å². The van der Waals surface area contributed by atoms with Crippen molar-refractivity contribution in [2.75, 3.05) is 20.2 Å². The van der Waals surface area contributed by atoms with Gasteiger partial charge in [0.15, 0.2) is 0 Å². The number of carbonyl (C=O) groups is 1. The summed E-state index contributed by atoms with van der Waals surface area (Å²) in [6.07, 6.45) is -2.68. The van der Waals surface area contributed by atoms with Gasteiger partial charge in [0.25, 0.3) is 0 Å². The van der Waals surface area contributed by atoms with Crippen LogP contribution >= 0.6 is 23.4 Å². The van der Waals surface area contributed by atoms with Crippen molar-refractivity contribution >= 4 is 29.3 Å². The number of rotatable bonds is 4. The molecule has 0 amide bonds. The summed E-state index contributed by atoms with van der Waals surface area (Å²) in [4.78, 5) is 11.3. The molecule has 0 bridgehead atoms. The molecule has 4 nitrogen and oxygen atoms in total. The second kappa shape index (κ2) is 10.8. The monoisotopic (exact) mass is 447 g/mol. The predicted molar refractivity (Wildman–Crippen MR) is 107 cm³/mol. The first-order chi connectivity index (χ1) is 13.7. The molecule has 2 aromatic carbocycles. The number of alkyl halides is 3. The van der Waals surface area contributed by atoms with E-state index in [1.54, 1.807) is 18.9 Å². The molecule has 2 aromatic rings. The van der Waals surface area contributed by atoms with E-state index in [1.165, 1.54) is 23.3 Å². The summed E-state index contributed by atoms with van der Waals surface area (Å²) in [5, 5.41) is 11.3. The smallest absolute Gasteiger partial charge is 0.490 e. The van der Waals surface area contributed by atoms with E-state index in [2.05, 4.69) is 29.6 Å². The maximum absolute atomic E-state index is 10.6. The largest absolute Gasteiger partial charge is 0.497 e. The number of carboxylic acid groups (broad SMARTS) is 1. The van der Waals surface area contributed by atoms with E-state index >= 15 is 0 Å². The van der Waals surface area contributed by atoms with Crippen molar-refractivity contribution in [1.82, 2.24) is 5.32 Å². The number of carboxylic acids is 1. The molecule has 1 fully saturated rings. The van der Waals surface area contributed by atoms with Gasteiger partial charge in [-0.05, 0) is 61.7 Å². The third kappa shape index (κ3) is 7.13. The van der Waals surface area contributed by atoms with Crippen molar-refractivity contribution in [3.05, 3.63) is 53.1 Å². The molecule has 158 valence electrons. The van der Waals surface area contributed by atoms with Crippen molar-refractivity contribution in [2.24, 2.45) is 0 Å². The minimum absolute atomic E-state index is 0.641. The van der Waals surface area contributed by atoms with Gasteiger partial charge in [-0.25, -0.2) is 4.79 Å². The Morgan fingerprint density at radius 2 is 1.79 bits per heavy atom. The Hall–Kier alpha value is -1.90. The van der Waals surface area contributed by atoms with Gasteiger partial charge in [0.1, 0.15) is 5.75 Å². The van der Waals surface area contributed by atoms with Crippen LogP contribution in [0.15, 0.2) is 52.3 Å². The molecule has 9 heteroatoms. The quantitative estimate of drug-likeness (QED) is 0.638. The van der Waals surface area contributed by atoms with Crippen LogP contribution < -0.4 is 10.1 Å². The number of aliphatic carboxylic acids is 1. The van der Waals surface area contributed by atoms with E-state index in [4.69, 9.17) is 26.2 Å². The minimum atomic E-state index is -5.08. The first-order valence-corrected chi connectivity index (χ1v) is 10.0. The van der Waals surface area contributed by atoms with Gasteiger partial charge >= 0.3 is 12.1 Å². The van der Waals surface area contributed by atoms with Crippen LogP contribution in [0.4, 0.5) is 13.2 Å². The summed E-state index contributed by atoms with van der Waals surface area (Å²) in [5.41, 5.74) is 1.45. The number of methoxy groups -OCH3 is 1. The highest BCUT2D eigenvalue weighted by molar-refractivity contribution is 7.99. The Morgan fingerprint density at radius 3 is 2.34 bits per heavy atom. The molecule has 1 aliphatic rings. The molecule has 0 saturated carbocycles. The van der Waals surface area contributed by atoms with Crippen LogP contribution in [-0.4, -0.2) is 37.5 Å². The zero-order valence-electron chi connectivity index (χ0n) is 15.6. The lowest BCUT2D eigenvalue weighted by Crippen LogP contribution is -2.26. The third-order valence-corrected chi connectivity index (χ3v) is 5.89. The summed E-state index contributed by atoms with van der Waals surface area (Å²) in [6.45, 7) is 2.21. The molecule has 3 rings (SSSR count). The Kier molecular flexibility index (Phi) is 8.67. The van der Waals surface area contributed by atoms with Crippen LogP contribution in [0.1, 0.15) is 24.3 Å². The lowest BCUT2D eigenvalue weighted by molar-refractivity contribution is -0.192. The molecule has 0 unspecified atom stereocenters. The van der Waals surface area contributed by atoms with Crippen LogP contribution in [0.2, 0.25) is 5.02 Å². The molecule has 0 radical (unpaired) electrons. The summed E-state index contributed by atoms with van der Waals surface area (Å²) in [5.74, 6) is -1.32. The molecule has 1 saturated heterocycles. The molecule has 2 N–H and O–H groups in total. The van der Waals surface area contributed by atoms with E-state index < -0.39 is 12.1 Å². The van der Waals surface area contributed by atoms with E-state index in [-0.39, 0.29) is 0 Å². The second-order valence-corrected chi connectivity index (χ2v) is 7.75.